The largest absolute Gasteiger partial charge is 0.303 e. The molecule has 0 saturated carbocycles. The molecule has 0 radical (unpaired) electrons. The summed E-state index contributed by atoms with van der Waals surface area (Å²) in [5, 5.41) is 0. The summed E-state index contributed by atoms with van der Waals surface area (Å²) in [5.74, 6) is -0.229. The summed E-state index contributed by atoms with van der Waals surface area (Å²) in [6, 6.07) is 3.35. The third-order valence-electron chi connectivity index (χ3n) is 1.81. The molecule has 1 nitrogen and oxygen atoms in total. The molecule has 0 atom stereocenters. The quantitative estimate of drug-likeness (QED) is 0.619. The molecule has 0 unspecified atom stereocenters. The van der Waals surface area contributed by atoms with E-state index in [1.807, 2.05) is 12.3 Å². The van der Waals surface area contributed by atoms with E-state index in [9.17, 15) is 9.18 Å². The second kappa shape index (κ2) is 5.51. The van der Waals surface area contributed by atoms with Crippen LogP contribution in [0.3, 0.4) is 0 Å². The van der Waals surface area contributed by atoms with Gasteiger partial charge in [-0.05, 0) is 46.3 Å². The van der Waals surface area contributed by atoms with Crippen LogP contribution < -0.4 is 0 Å². The average molecular weight is 277 g/mol. The molecule has 0 N–H and O–H groups in total. The van der Waals surface area contributed by atoms with Crippen LogP contribution in [0.15, 0.2) is 21.5 Å². The number of halogens is 2. The van der Waals surface area contributed by atoms with Crippen molar-refractivity contribution in [1.82, 2.24) is 0 Å². The molecule has 1 rings (SSSR count). The van der Waals surface area contributed by atoms with Crippen LogP contribution in [0.4, 0.5) is 4.39 Å². The van der Waals surface area contributed by atoms with Gasteiger partial charge in [-0.2, -0.15) is 0 Å². The van der Waals surface area contributed by atoms with Gasteiger partial charge in [-0.3, -0.25) is 0 Å². The van der Waals surface area contributed by atoms with Crippen LogP contribution in [0.1, 0.15) is 12.0 Å². The first-order valence-corrected chi connectivity index (χ1v) is 6.16. The molecule has 0 amide bonds. The fourth-order valence-corrected chi connectivity index (χ4v) is 2.65. The summed E-state index contributed by atoms with van der Waals surface area (Å²) in [6.45, 7) is 0. The molecule has 0 aliphatic heterocycles. The molecule has 76 valence electrons. The van der Waals surface area contributed by atoms with Crippen molar-refractivity contribution in [2.45, 2.75) is 17.7 Å². The zero-order chi connectivity index (χ0) is 10.6. The molecule has 0 aliphatic carbocycles. The Bertz CT molecular complexity index is 318. The van der Waals surface area contributed by atoms with Gasteiger partial charge < -0.3 is 4.79 Å². The van der Waals surface area contributed by atoms with Gasteiger partial charge in [0.1, 0.15) is 12.1 Å². The van der Waals surface area contributed by atoms with Gasteiger partial charge >= 0.3 is 0 Å². The topological polar surface area (TPSA) is 17.1 Å². The number of aryl methyl sites for hydroxylation is 1. The minimum atomic E-state index is -0.229. The van der Waals surface area contributed by atoms with Crippen molar-refractivity contribution in [3.8, 4) is 0 Å². The molecule has 0 heterocycles. The molecule has 0 bridgehead atoms. The van der Waals surface area contributed by atoms with E-state index in [2.05, 4.69) is 15.9 Å². The molecule has 0 aromatic heterocycles. The Morgan fingerprint density at radius 2 is 2.29 bits per heavy atom. The van der Waals surface area contributed by atoms with E-state index in [-0.39, 0.29) is 5.82 Å². The Hall–Kier alpha value is -0.350. The summed E-state index contributed by atoms with van der Waals surface area (Å²) in [7, 11) is 0. The second-order valence-electron chi connectivity index (χ2n) is 2.80. The molecule has 0 spiro atoms. The lowest BCUT2D eigenvalue weighted by Crippen LogP contribution is -1.91. The van der Waals surface area contributed by atoms with E-state index < -0.39 is 0 Å². The molecule has 4 heteroatoms. The molecule has 0 saturated heterocycles. The number of carbonyl (C=O) groups excluding carboxylic acids is 1. The average Bonchev–Trinajstić information content (AvgIpc) is 2.14. The van der Waals surface area contributed by atoms with Crippen LogP contribution in [0.25, 0.3) is 0 Å². The first kappa shape index (κ1) is 11.7. The fraction of sp³-hybridized carbons (Fsp3) is 0.300. The minimum Gasteiger partial charge on any atom is -0.303 e. The number of rotatable bonds is 4. The van der Waals surface area contributed by atoms with Gasteiger partial charge in [-0.1, -0.05) is 0 Å². The van der Waals surface area contributed by atoms with Gasteiger partial charge in [0.15, 0.2) is 0 Å². The molecule has 1 aromatic rings. The Morgan fingerprint density at radius 3 is 2.79 bits per heavy atom. The van der Waals surface area contributed by atoms with Crippen molar-refractivity contribution in [3.63, 3.8) is 0 Å². The Morgan fingerprint density at radius 1 is 1.57 bits per heavy atom. The fourth-order valence-electron chi connectivity index (χ4n) is 1.18. The summed E-state index contributed by atoms with van der Waals surface area (Å²) >= 11 is 4.66. The number of hydrogen-bond donors (Lipinski definition) is 0. The lowest BCUT2D eigenvalue weighted by Gasteiger charge is -2.05. The standard InChI is InChI=1S/C10H10BrFOS/c1-14-10-8(11)5-7(3-2-4-13)6-9(10)12/h4-6H,2-3H2,1H3. The molecule has 14 heavy (non-hydrogen) atoms. The van der Waals surface area contributed by atoms with E-state index >= 15 is 0 Å². The highest BCUT2D eigenvalue weighted by Gasteiger charge is 2.07. The maximum Gasteiger partial charge on any atom is 0.138 e. The van der Waals surface area contributed by atoms with Crippen molar-refractivity contribution in [2.75, 3.05) is 6.26 Å². The van der Waals surface area contributed by atoms with Crippen LogP contribution in [0.2, 0.25) is 0 Å². The van der Waals surface area contributed by atoms with Gasteiger partial charge in [-0.25, -0.2) is 4.39 Å². The predicted octanol–water partition coefficient (Wildman–Crippen LogP) is 3.44. The number of benzene rings is 1. The summed E-state index contributed by atoms with van der Waals surface area (Å²) in [4.78, 5) is 10.8. The third kappa shape index (κ3) is 2.82. The molecular weight excluding hydrogens is 267 g/mol. The lowest BCUT2D eigenvalue weighted by molar-refractivity contribution is -0.107. The smallest absolute Gasteiger partial charge is 0.138 e. The number of thioether (sulfide) groups is 1. The van der Waals surface area contributed by atoms with Crippen LogP contribution >= 0.6 is 27.7 Å². The van der Waals surface area contributed by atoms with Crippen molar-refractivity contribution in [3.05, 3.63) is 28.0 Å². The van der Waals surface area contributed by atoms with Crippen molar-refractivity contribution in [2.24, 2.45) is 0 Å². The van der Waals surface area contributed by atoms with Gasteiger partial charge in [0.05, 0.1) is 4.90 Å². The summed E-state index contributed by atoms with van der Waals surface area (Å²) < 4.78 is 14.2. The van der Waals surface area contributed by atoms with Crippen molar-refractivity contribution >= 4 is 34.0 Å². The first-order valence-electron chi connectivity index (χ1n) is 4.14. The maximum atomic E-state index is 13.4. The maximum absolute atomic E-state index is 13.4. The Balaban J connectivity index is 2.95. The van der Waals surface area contributed by atoms with E-state index in [1.54, 1.807) is 0 Å². The normalized spacial score (nSPS) is 10.2. The van der Waals surface area contributed by atoms with E-state index in [4.69, 9.17) is 0 Å². The zero-order valence-electron chi connectivity index (χ0n) is 7.72. The monoisotopic (exact) mass is 276 g/mol. The van der Waals surface area contributed by atoms with Gasteiger partial charge in [0, 0.05) is 10.9 Å². The van der Waals surface area contributed by atoms with Gasteiger partial charge in [-0.15, -0.1) is 11.8 Å². The van der Waals surface area contributed by atoms with Crippen LogP contribution in [0.5, 0.6) is 0 Å². The van der Waals surface area contributed by atoms with E-state index in [0.717, 1.165) is 16.3 Å². The highest BCUT2D eigenvalue weighted by Crippen LogP contribution is 2.30. The highest BCUT2D eigenvalue weighted by molar-refractivity contribution is 9.10. The van der Waals surface area contributed by atoms with Gasteiger partial charge in [0.25, 0.3) is 0 Å². The Kier molecular flexibility index (Phi) is 4.62. The molecule has 1 aromatic carbocycles. The number of hydrogen-bond acceptors (Lipinski definition) is 2. The number of aldehydes is 1. The second-order valence-corrected chi connectivity index (χ2v) is 4.47. The number of carbonyl (C=O) groups is 1. The molecule has 0 aliphatic rings. The van der Waals surface area contributed by atoms with Crippen LogP contribution in [-0.2, 0) is 11.2 Å². The Labute approximate surface area is 95.2 Å². The van der Waals surface area contributed by atoms with Crippen LogP contribution in [-0.4, -0.2) is 12.5 Å². The first-order chi connectivity index (χ1) is 6.69. The summed E-state index contributed by atoms with van der Waals surface area (Å²) in [6.07, 6.45) is 3.70. The van der Waals surface area contributed by atoms with Gasteiger partial charge in [0.2, 0.25) is 0 Å². The highest BCUT2D eigenvalue weighted by atomic mass is 79.9. The van der Waals surface area contributed by atoms with Crippen molar-refractivity contribution < 1.29 is 9.18 Å². The van der Waals surface area contributed by atoms with E-state index in [0.29, 0.717) is 17.7 Å². The van der Waals surface area contributed by atoms with Crippen LogP contribution in [0, 0.1) is 5.82 Å². The molecule has 0 fully saturated rings. The summed E-state index contributed by atoms with van der Waals surface area (Å²) in [5.41, 5.74) is 0.847. The SMILES string of the molecule is CSc1c(F)cc(CCC=O)cc1Br. The molecular formula is C10H10BrFOS. The zero-order valence-corrected chi connectivity index (χ0v) is 10.1. The minimum absolute atomic E-state index is 0.229. The predicted molar refractivity (Wildman–Crippen MR) is 60.3 cm³/mol. The third-order valence-corrected chi connectivity index (χ3v) is 3.52. The van der Waals surface area contributed by atoms with E-state index in [1.165, 1.54) is 17.8 Å². The lowest BCUT2D eigenvalue weighted by atomic mass is 10.1. The van der Waals surface area contributed by atoms with Crippen molar-refractivity contribution in [1.29, 1.82) is 0 Å².